The average Bonchev–Trinajstić information content (AvgIpc) is 3.28. The van der Waals surface area contributed by atoms with Crippen LogP contribution >= 0.6 is 0 Å². The van der Waals surface area contributed by atoms with Crippen LogP contribution in [0.3, 0.4) is 0 Å². The van der Waals surface area contributed by atoms with Crippen molar-refractivity contribution in [2.75, 3.05) is 0 Å². The lowest BCUT2D eigenvalue weighted by molar-refractivity contribution is 0.104. The van der Waals surface area contributed by atoms with E-state index in [9.17, 15) is 4.79 Å². The van der Waals surface area contributed by atoms with Crippen molar-refractivity contribution >= 4 is 17.5 Å². The molecule has 4 rings (SSSR count). The molecular weight excluding hydrogens is 328 g/mol. The van der Waals surface area contributed by atoms with Gasteiger partial charge in [-0.2, -0.15) is 5.10 Å². The number of carbonyl (C=O) groups excluding carboxylic acids is 1. The number of furan rings is 1. The Kier molecular flexibility index (Phi) is 3.93. The fourth-order valence-electron chi connectivity index (χ4n) is 2.90. The molecule has 0 aliphatic rings. The predicted molar refractivity (Wildman–Crippen MR) is 97.8 cm³/mol. The highest BCUT2D eigenvalue weighted by atomic mass is 16.3. The number of carbonyl (C=O) groups is 1. The molecule has 0 fully saturated rings. The standard InChI is InChI=1S/C20H16N4O2/c1-13-18(15-7-4-3-5-8-15)20-22-21-19(14(2)24(20)23-13)17(25)11-10-16-9-6-12-26-16/h3-12H,1-2H3. The Bertz CT molecular complexity index is 1110. The number of nitrogens with zero attached hydrogens (tertiary/aromatic N) is 4. The van der Waals surface area contributed by atoms with Crippen molar-refractivity contribution < 1.29 is 9.21 Å². The molecule has 26 heavy (non-hydrogen) atoms. The number of benzene rings is 1. The Labute approximate surface area is 149 Å². The lowest BCUT2D eigenvalue weighted by Gasteiger charge is -2.04. The summed E-state index contributed by atoms with van der Waals surface area (Å²) in [5.74, 6) is 0.356. The van der Waals surface area contributed by atoms with Crippen molar-refractivity contribution in [1.29, 1.82) is 0 Å². The lowest BCUT2D eigenvalue weighted by Crippen LogP contribution is -2.10. The predicted octanol–water partition coefficient (Wildman–Crippen LogP) is 3.90. The van der Waals surface area contributed by atoms with E-state index in [4.69, 9.17) is 4.42 Å². The molecule has 0 atom stereocenters. The molecule has 0 unspecified atom stereocenters. The van der Waals surface area contributed by atoms with Crippen molar-refractivity contribution in [3.05, 3.63) is 77.6 Å². The van der Waals surface area contributed by atoms with E-state index in [0.29, 0.717) is 17.1 Å². The molecule has 128 valence electrons. The van der Waals surface area contributed by atoms with Gasteiger partial charge in [0.15, 0.2) is 11.3 Å². The third-order valence-electron chi connectivity index (χ3n) is 4.18. The summed E-state index contributed by atoms with van der Waals surface area (Å²) in [5, 5.41) is 13.0. The van der Waals surface area contributed by atoms with Crippen LogP contribution in [0.15, 0.2) is 59.2 Å². The van der Waals surface area contributed by atoms with Crippen molar-refractivity contribution in [3.8, 4) is 11.1 Å². The topological polar surface area (TPSA) is 73.3 Å². The summed E-state index contributed by atoms with van der Waals surface area (Å²) in [6.45, 7) is 3.74. The minimum absolute atomic E-state index is 0.247. The van der Waals surface area contributed by atoms with Crippen molar-refractivity contribution in [2.24, 2.45) is 0 Å². The quantitative estimate of drug-likeness (QED) is 0.415. The number of hydrogen-bond acceptors (Lipinski definition) is 5. The summed E-state index contributed by atoms with van der Waals surface area (Å²) >= 11 is 0. The first-order chi connectivity index (χ1) is 12.6. The smallest absolute Gasteiger partial charge is 0.208 e. The van der Waals surface area contributed by atoms with E-state index in [1.54, 1.807) is 29.0 Å². The number of fused-ring (bicyclic) bond motifs is 1. The van der Waals surface area contributed by atoms with Gasteiger partial charge in [0.05, 0.1) is 23.2 Å². The molecule has 3 heterocycles. The molecule has 0 aliphatic heterocycles. The first-order valence-electron chi connectivity index (χ1n) is 8.19. The molecule has 0 amide bonds. The van der Waals surface area contributed by atoms with Gasteiger partial charge >= 0.3 is 0 Å². The van der Waals surface area contributed by atoms with Crippen LogP contribution in [-0.2, 0) is 0 Å². The molecule has 0 spiro atoms. The van der Waals surface area contributed by atoms with Gasteiger partial charge in [0.25, 0.3) is 0 Å². The van der Waals surface area contributed by atoms with Gasteiger partial charge in [-0.3, -0.25) is 4.79 Å². The molecule has 0 bridgehead atoms. The first-order valence-corrected chi connectivity index (χ1v) is 8.19. The van der Waals surface area contributed by atoms with E-state index in [1.165, 1.54) is 6.08 Å². The molecule has 0 aliphatic carbocycles. The number of hydrogen-bond donors (Lipinski definition) is 0. The fraction of sp³-hybridized carbons (Fsp3) is 0.100. The summed E-state index contributed by atoms with van der Waals surface area (Å²) in [5.41, 5.74) is 4.33. The summed E-state index contributed by atoms with van der Waals surface area (Å²) < 4.78 is 6.87. The fourth-order valence-corrected chi connectivity index (χ4v) is 2.90. The van der Waals surface area contributed by atoms with Crippen molar-refractivity contribution in [3.63, 3.8) is 0 Å². The molecule has 0 radical (unpaired) electrons. The first kappa shape index (κ1) is 16.0. The third kappa shape index (κ3) is 2.71. The van der Waals surface area contributed by atoms with Gasteiger partial charge in [-0.15, -0.1) is 10.2 Å². The normalized spacial score (nSPS) is 11.5. The molecule has 6 heteroatoms. The number of allylic oxidation sites excluding steroid dienone is 1. The van der Waals surface area contributed by atoms with Crippen LogP contribution in [0.25, 0.3) is 22.9 Å². The highest BCUT2D eigenvalue weighted by Crippen LogP contribution is 2.27. The second-order valence-electron chi connectivity index (χ2n) is 5.91. The van der Waals surface area contributed by atoms with Crippen LogP contribution in [0.1, 0.15) is 27.6 Å². The van der Waals surface area contributed by atoms with Crippen LogP contribution in [0, 0.1) is 13.8 Å². The van der Waals surface area contributed by atoms with Crippen LogP contribution in [-0.4, -0.2) is 25.6 Å². The van der Waals surface area contributed by atoms with E-state index in [1.807, 2.05) is 44.2 Å². The summed E-state index contributed by atoms with van der Waals surface area (Å²) in [7, 11) is 0. The Morgan fingerprint density at radius 3 is 2.62 bits per heavy atom. The zero-order valence-corrected chi connectivity index (χ0v) is 14.4. The average molecular weight is 344 g/mol. The van der Waals surface area contributed by atoms with E-state index < -0.39 is 0 Å². The summed E-state index contributed by atoms with van der Waals surface area (Å²) in [6, 6.07) is 13.4. The van der Waals surface area contributed by atoms with Gasteiger partial charge in [0, 0.05) is 0 Å². The van der Waals surface area contributed by atoms with Gasteiger partial charge in [0.2, 0.25) is 5.78 Å². The second kappa shape index (κ2) is 6.40. The minimum Gasteiger partial charge on any atom is -0.465 e. The van der Waals surface area contributed by atoms with Crippen LogP contribution in [0.4, 0.5) is 0 Å². The molecule has 1 aromatic carbocycles. The van der Waals surface area contributed by atoms with E-state index in [0.717, 1.165) is 16.8 Å². The zero-order chi connectivity index (χ0) is 18.1. The van der Waals surface area contributed by atoms with Gasteiger partial charge < -0.3 is 4.42 Å². The summed E-state index contributed by atoms with van der Waals surface area (Å²) in [4.78, 5) is 12.5. The zero-order valence-electron chi connectivity index (χ0n) is 14.4. The third-order valence-corrected chi connectivity index (χ3v) is 4.18. The highest BCUT2D eigenvalue weighted by Gasteiger charge is 2.19. The van der Waals surface area contributed by atoms with Crippen LogP contribution < -0.4 is 0 Å². The summed E-state index contributed by atoms with van der Waals surface area (Å²) in [6.07, 6.45) is 4.59. The maximum absolute atomic E-state index is 12.5. The number of aromatic nitrogens is 4. The molecule has 0 saturated carbocycles. The minimum atomic E-state index is -0.247. The maximum Gasteiger partial charge on any atom is 0.208 e. The molecule has 0 N–H and O–H groups in total. The SMILES string of the molecule is Cc1nn2c(C)c(C(=O)C=Cc3ccco3)nnc2c1-c1ccccc1. The van der Waals surface area contributed by atoms with Crippen molar-refractivity contribution in [1.82, 2.24) is 19.8 Å². The largest absolute Gasteiger partial charge is 0.465 e. The van der Waals surface area contributed by atoms with Gasteiger partial charge in [-0.25, -0.2) is 4.52 Å². The van der Waals surface area contributed by atoms with E-state index >= 15 is 0 Å². The molecule has 4 aromatic rings. The van der Waals surface area contributed by atoms with Gasteiger partial charge in [-0.1, -0.05) is 30.3 Å². The maximum atomic E-state index is 12.5. The van der Waals surface area contributed by atoms with Crippen LogP contribution in [0.2, 0.25) is 0 Å². The van der Waals surface area contributed by atoms with Gasteiger partial charge in [-0.05, 0) is 43.7 Å². The van der Waals surface area contributed by atoms with Gasteiger partial charge in [0.1, 0.15) is 5.76 Å². The molecular formula is C20H16N4O2. The number of ketones is 1. The highest BCUT2D eigenvalue weighted by molar-refractivity contribution is 6.06. The Hall–Kier alpha value is -3.54. The molecule has 6 nitrogen and oxygen atoms in total. The second-order valence-corrected chi connectivity index (χ2v) is 5.91. The monoisotopic (exact) mass is 344 g/mol. The van der Waals surface area contributed by atoms with E-state index in [-0.39, 0.29) is 11.5 Å². The van der Waals surface area contributed by atoms with Crippen LogP contribution in [0.5, 0.6) is 0 Å². The van der Waals surface area contributed by atoms with E-state index in [2.05, 4.69) is 15.3 Å². The number of rotatable bonds is 4. The molecule has 3 aromatic heterocycles. The van der Waals surface area contributed by atoms with Crippen molar-refractivity contribution in [2.45, 2.75) is 13.8 Å². The number of aryl methyl sites for hydroxylation is 2. The lowest BCUT2D eigenvalue weighted by atomic mass is 10.1. The molecule has 0 saturated heterocycles. The Morgan fingerprint density at radius 1 is 1.08 bits per heavy atom. The Morgan fingerprint density at radius 2 is 1.88 bits per heavy atom. The Balaban J connectivity index is 1.78.